The van der Waals surface area contributed by atoms with Crippen molar-refractivity contribution in [3.8, 4) is 0 Å². The number of hydrogen-bond donors (Lipinski definition) is 1. The van der Waals surface area contributed by atoms with Gasteiger partial charge in [0.2, 0.25) is 0 Å². The summed E-state index contributed by atoms with van der Waals surface area (Å²) in [4.78, 5) is 16.8. The number of carbonyl (C=O) groups is 1. The highest BCUT2D eigenvalue weighted by Crippen LogP contribution is 1.92. The van der Waals surface area contributed by atoms with Crippen LogP contribution in [0.5, 0.6) is 0 Å². The number of aromatic amines is 1. The predicted molar refractivity (Wildman–Crippen MR) is 33.4 cm³/mol. The largest absolute Gasteiger partial charge is 0.461 e. The number of ether oxygens (including phenoxy) is 1. The van der Waals surface area contributed by atoms with Gasteiger partial charge >= 0.3 is 5.97 Å². The van der Waals surface area contributed by atoms with Crippen LogP contribution in [0.3, 0.4) is 0 Å². The van der Waals surface area contributed by atoms with Crippen LogP contribution in [0.1, 0.15) is 17.4 Å². The molecule has 0 amide bonds. The van der Waals surface area contributed by atoms with Crippen molar-refractivity contribution in [3.63, 3.8) is 0 Å². The van der Waals surface area contributed by atoms with E-state index in [1.165, 1.54) is 6.20 Å². The molecule has 0 aromatic carbocycles. The van der Waals surface area contributed by atoms with Crippen molar-refractivity contribution in [2.75, 3.05) is 6.61 Å². The summed E-state index contributed by atoms with van der Waals surface area (Å²) in [5.41, 5.74) is 0.335. The highest BCUT2D eigenvalue weighted by molar-refractivity contribution is 5.86. The Kier molecular flexibility index (Phi) is 2.04. The van der Waals surface area contributed by atoms with Gasteiger partial charge in [0.25, 0.3) is 0 Å². The highest BCUT2D eigenvalue weighted by Gasteiger charge is 2.05. The van der Waals surface area contributed by atoms with Gasteiger partial charge in [-0.15, -0.1) is 0 Å². The monoisotopic (exact) mass is 139 g/mol. The molecule has 0 saturated carbocycles. The first kappa shape index (κ1) is 6.80. The van der Waals surface area contributed by atoms with E-state index in [-0.39, 0.29) is 0 Å². The van der Waals surface area contributed by atoms with E-state index < -0.39 is 5.97 Å². The first-order valence-corrected chi connectivity index (χ1v) is 2.92. The van der Waals surface area contributed by atoms with Gasteiger partial charge in [0.15, 0.2) is 6.33 Å². The lowest BCUT2D eigenvalue weighted by atomic mass is 10.5. The second-order valence-corrected chi connectivity index (χ2v) is 1.63. The molecule has 0 bridgehead atoms. The van der Waals surface area contributed by atoms with Crippen molar-refractivity contribution < 1.29 is 9.53 Å². The smallest absolute Gasteiger partial charge is 0.356 e. The number of nitrogens with zero attached hydrogens (tertiary/aromatic N) is 1. The number of imidazole rings is 1. The van der Waals surface area contributed by atoms with Crippen molar-refractivity contribution >= 4 is 5.97 Å². The number of carbonyl (C=O) groups excluding carboxylic acids is 1. The number of esters is 1. The van der Waals surface area contributed by atoms with E-state index >= 15 is 0 Å². The Balaban J connectivity index is 2.59. The van der Waals surface area contributed by atoms with Crippen LogP contribution in [0.15, 0.2) is 6.20 Å². The summed E-state index contributed by atoms with van der Waals surface area (Å²) in [5.74, 6) is -0.392. The minimum atomic E-state index is -0.392. The number of hydrogen-bond acceptors (Lipinski definition) is 3. The Bertz CT molecular complexity index is 206. The lowest BCUT2D eigenvalue weighted by Gasteiger charge is -1.95. The normalized spacial score (nSPS) is 9.30. The Morgan fingerprint density at radius 3 is 3.30 bits per heavy atom. The molecule has 4 nitrogen and oxygen atoms in total. The van der Waals surface area contributed by atoms with Gasteiger partial charge in [-0.3, -0.25) is 0 Å². The number of rotatable bonds is 2. The van der Waals surface area contributed by atoms with Crippen molar-refractivity contribution in [3.05, 3.63) is 18.2 Å². The zero-order valence-corrected chi connectivity index (χ0v) is 5.55. The average Bonchev–Trinajstić information content (AvgIpc) is 2.38. The second kappa shape index (κ2) is 3.00. The molecular weight excluding hydrogens is 132 g/mol. The Hall–Kier alpha value is -1.32. The van der Waals surface area contributed by atoms with Crippen molar-refractivity contribution in [2.45, 2.75) is 6.92 Å². The highest BCUT2D eigenvalue weighted by atomic mass is 16.5. The number of nitrogens with one attached hydrogen (secondary N) is 1. The van der Waals surface area contributed by atoms with Gasteiger partial charge in [0.05, 0.1) is 12.8 Å². The van der Waals surface area contributed by atoms with Crippen LogP contribution < -0.4 is 0 Å². The molecule has 53 valence electrons. The zero-order valence-electron chi connectivity index (χ0n) is 5.55. The minimum absolute atomic E-state index is 0.335. The number of H-pyrrole nitrogens is 1. The summed E-state index contributed by atoms with van der Waals surface area (Å²) in [6.07, 6.45) is 3.77. The summed E-state index contributed by atoms with van der Waals surface area (Å²) in [5, 5.41) is 0. The van der Waals surface area contributed by atoms with Gasteiger partial charge in [-0.1, -0.05) is 0 Å². The number of aromatic nitrogens is 2. The summed E-state index contributed by atoms with van der Waals surface area (Å²) in [7, 11) is 0. The van der Waals surface area contributed by atoms with Crippen LogP contribution in [0, 0.1) is 6.33 Å². The van der Waals surface area contributed by atoms with Gasteiger partial charge < -0.3 is 9.72 Å². The fourth-order valence-corrected chi connectivity index (χ4v) is 0.534. The third kappa shape index (κ3) is 1.34. The lowest BCUT2D eigenvalue weighted by molar-refractivity contribution is 0.0520. The first-order chi connectivity index (χ1) is 4.84. The van der Waals surface area contributed by atoms with Gasteiger partial charge in [-0.2, -0.15) is 0 Å². The van der Waals surface area contributed by atoms with E-state index in [2.05, 4.69) is 21.0 Å². The molecule has 4 heteroatoms. The summed E-state index contributed by atoms with van der Waals surface area (Å²) < 4.78 is 4.66. The van der Waals surface area contributed by atoms with Crippen molar-refractivity contribution in [2.24, 2.45) is 0 Å². The quantitative estimate of drug-likeness (QED) is 0.603. The Morgan fingerprint density at radius 2 is 2.80 bits per heavy atom. The molecule has 0 aliphatic rings. The van der Waals surface area contributed by atoms with Gasteiger partial charge in [0, 0.05) is 0 Å². The summed E-state index contributed by atoms with van der Waals surface area (Å²) >= 11 is 0. The van der Waals surface area contributed by atoms with Crippen molar-refractivity contribution in [1.29, 1.82) is 0 Å². The molecule has 1 rings (SSSR count). The maximum absolute atomic E-state index is 10.8. The van der Waals surface area contributed by atoms with Gasteiger partial charge in [0.1, 0.15) is 5.69 Å². The lowest BCUT2D eigenvalue weighted by Crippen LogP contribution is -2.04. The summed E-state index contributed by atoms with van der Waals surface area (Å²) in [6.45, 7) is 2.12. The molecule has 0 saturated heterocycles. The zero-order chi connectivity index (χ0) is 7.40. The van der Waals surface area contributed by atoms with E-state index in [9.17, 15) is 4.79 Å². The Morgan fingerprint density at radius 1 is 2.00 bits per heavy atom. The van der Waals surface area contributed by atoms with Crippen LogP contribution in [0.4, 0.5) is 0 Å². The molecule has 10 heavy (non-hydrogen) atoms. The van der Waals surface area contributed by atoms with Gasteiger partial charge in [-0.25, -0.2) is 9.78 Å². The van der Waals surface area contributed by atoms with E-state index in [1.807, 2.05) is 0 Å². The standard InChI is InChI=1S/C6H7N2O2/c1-2-10-6(9)5-3-7-4-8-5/h3H,2H2,1H3,(H,7,8). The maximum Gasteiger partial charge on any atom is 0.356 e. The van der Waals surface area contributed by atoms with E-state index in [1.54, 1.807) is 6.92 Å². The van der Waals surface area contributed by atoms with Crippen molar-refractivity contribution in [1.82, 2.24) is 9.97 Å². The maximum atomic E-state index is 10.8. The van der Waals surface area contributed by atoms with Gasteiger partial charge in [-0.05, 0) is 6.92 Å². The van der Waals surface area contributed by atoms with Crippen LogP contribution in [0.25, 0.3) is 0 Å². The summed E-state index contributed by atoms with van der Waals surface area (Å²) in [6, 6.07) is 0. The van der Waals surface area contributed by atoms with Crippen LogP contribution >= 0.6 is 0 Å². The topological polar surface area (TPSA) is 55.0 Å². The van der Waals surface area contributed by atoms with E-state index in [0.717, 1.165) is 0 Å². The third-order valence-corrected chi connectivity index (χ3v) is 0.944. The first-order valence-electron chi connectivity index (χ1n) is 2.92. The fraction of sp³-hybridized carbons (Fsp3) is 0.333. The minimum Gasteiger partial charge on any atom is -0.461 e. The molecule has 0 aliphatic heterocycles. The Labute approximate surface area is 58.2 Å². The average molecular weight is 139 g/mol. The predicted octanol–water partition coefficient (Wildman–Crippen LogP) is 0.387. The molecule has 1 aromatic heterocycles. The molecule has 0 aliphatic carbocycles. The van der Waals surface area contributed by atoms with Crippen LogP contribution in [-0.4, -0.2) is 22.5 Å². The molecule has 0 atom stereocenters. The SMILES string of the molecule is CCOC(=O)c1cn[c][nH]1. The molecule has 0 unspecified atom stereocenters. The van der Waals surface area contributed by atoms with Crippen LogP contribution in [0.2, 0.25) is 0 Å². The fourth-order valence-electron chi connectivity index (χ4n) is 0.534. The molecule has 0 fully saturated rings. The molecule has 1 N–H and O–H groups in total. The van der Waals surface area contributed by atoms with E-state index in [0.29, 0.717) is 12.3 Å². The van der Waals surface area contributed by atoms with Crippen LogP contribution in [-0.2, 0) is 4.74 Å². The third-order valence-electron chi connectivity index (χ3n) is 0.944. The second-order valence-electron chi connectivity index (χ2n) is 1.63. The molecule has 0 spiro atoms. The molecule has 1 heterocycles. The van der Waals surface area contributed by atoms with E-state index in [4.69, 9.17) is 0 Å². The molecule has 1 aromatic rings. The molecule has 1 radical (unpaired) electrons. The molecular formula is C6H7N2O2.